The van der Waals surface area contributed by atoms with Crippen LogP contribution in [0.25, 0.3) is 0 Å². The Morgan fingerprint density at radius 1 is 0.868 bits per heavy atom. The van der Waals surface area contributed by atoms with E-state index in [0.717, 1.165) is 11.3 Å². The largest absolute Gasteiger partial charge is 0.497 e. The van der Waals surface area contributed by atoms with Gasteiger partial charge in [-0.3, -0.25) is 29.9 Å². The first-order valence-electron chi connectivity index (χ1n) is 16.6. The maximum absolute atomic E-state index is 14.1. The number of likely N-dealkylation sites (tertiary alicyclic amines) is 2. The van der Waals surface area contributed by atoms with E-state index in [1.54, 1.807) is 23.8 Å². The molecule has 3 aromatic rings. The Kier molecular flexibility index (Phi) is 12.7. The lowest BCUT2D eigenvalue weighted by atomic mass is 9.99. The number of carbonyl (C=O) groups is 3. The van der Waals surface area contributed by atoms with E-state index >= 15 is 0 Å². The molecule has 2 aliphatic rings. The number of hydrogen-bond donors (Lipinski definition) is 2. The Morgan fingerprint density at radius 3 is 1.98 bits per heavy atom. The molecule has 17 nitrogen and oxygen atoms in total. The van der Waals surface area contributed by atoms with Crippen LogP contribution in [0.4, 0.5) is 16.2 Å². The minimum atomic E-state index is -1.12. The molecule has 2 heterocycles. The molecule has 0 aromatic heterocycles. The van der Waals surface area contributed by atoms with E-state index < -0.39 is 39.9 Å². The van der Waals surface area contributed by atoms with Gasteiger partial charge in [0.25, 0.3) is 11.4 Å². The smallest absolute Gasteiger partial charge is 0.410 e. The molecular formula is C35H39N7O10S. The van der Waals surface area contributed by atoms with Crippen LogP contribution in [-0.2, 0) is 38.0 Å². The summed E-state index contributed by atoms with van der Waals surface area (Å²) in [5, 5.41) is 21.9. The van der Waals surface area contributed by atoms with E-state index in [2.05, 4.69) is 4.99 Å². The molecule has 0 saturated carbocycles. The molecule has 0 radical (unpaired) electrons. The maximum Gasteiger partial charge on any atom is 0.410 e. The third-order valence-corrected chi connectivity index (χ3v) is 10.3. The molecule has 5 rings (SSSR count). The standard InChI is InChI=1S/C35H39N7O10S/c1-50-28-12-6-24(7-13-28)21-53-29-16-30(40(18-29)35(45)52-20-23-4-10-27(11-5-23)42(48)49)32(43)39-15-14-25(17-39)31(38-34(36)37)33(44)51-19-22-2-8-26(9-3-22)41(46)47/h2-13,25,29-31H,14-21H2,1H3,(H4,36,37,38)/t25-,29+,30+,31?/m1/s1. The molecule has 1 unspecified atom stereocenters. The van der Waals surface area contributed by atoms with Gasteiger partial charge in [0.2, 0.25) is 5.91 Å². The Bertz CT molecular complexity index is 1820. The Hall–Kier alpha value is -5.91. The predicted octanol–water partition coefficient (Wildman–Crippen LogP) is 3.76. The van der Waals surface area contributed by atoms with Gasteiger partial charge >= 0.3 is 12.1 Å². The molecule has 2 amide bonds. The maximum atomic E-state index is 14.1. The molecule has 0 aliphatic carbocycles. The number of methoxy groups -OCH3 is 1. The minimum absolute atomic E-state index is 0.0919. The van der Waals surface area contributed by atoms with Crippen LogP contribution in [0.2, 0.25) is 0 Å². The second-order valence-corrected chi connectivity index (χ2v) is 13.8. The first-order chi connectivity index (χ1) is 25.4. The highest BCUT2D eigenvalue weighted by Gasteiger charge is 2.45. The number of nitrogens with two attached hydrogens (primary N) is 2. The monoisotopic (exact) mass is 749 g/mol. The number of nitro groups is 2. The average Bonchev–Trinajstić information content (AvgIpc) is 3.83. The summed E-state index contributed by atoms with van der Waals surface area (Å²) in [6, 6.07) is 16.9. The van der Waals surface area contributed by atoms with Crippen molar-refractivity contribution in [1.82, 2.24) is 9.80 Å². The number of nitro benzene ring substituents is 2. The van der Waals surface area contributed by atoms with Gasteiger partial charge in [-0.15, -0.1) is 0 Å². The van der Waals surface area contributed by atoms with Gasteiger partial charge in [-0.2, -0.15) is 11.8 Å². The summed E-state index contributed by atoms with van der Waals surface area (Å²) >= 11 is 1.61. The van der Waals surface area contributed by atoms with E-state index in [1.807, 2.05) is 24.3 Å². The summed E-state index contributed by atoms with van der Waals surface area (Å²) in [7, 11) is 1.59. The summed E-state index contributed by atoms with van der Waals surface area (Å²) in [6.45, 7) is 0.336. The van der Waals surface area contributed by atoms with Gasteiger partial charge in [0.05, 0.1) is 17.0 Å². The second kappa shape index (κ2) is 17.5. The molecule has 280 valence electrons. The fraction of sp³-hybridized carbons (Fsp3) is 0.371. The van der Waals surface area contributed by atoms with Crippen LogP contribution in [0, 0.1) is 26.1 Å². The normalized spacial score (nSPS) is 18.5. The Labute approximate surface area is 308 Å². The highest BCUT2D eigenvalue weighted by Crippen LogP contribution is 2.34. The van der Waals surface area contributed by atoms with Gasteiger partial charge < -0.3 is 30.6 Å². The van der Waals surface area contributed by atoms with E-state index in [1.165, 1.54) is 53.4 Å². The molecule has 18 heteroatoms. The summed E-state index contributed by atoms with van der Waals surface area (Å²) in [5.74, 6) is -0.486. The third kappa shape index (κ3) is 10.1. The number of guanidine groups is 1. The van der Waals surface area contributed by atoms with Crippen molar-refractivity contribution in [2.24, 2.45) is 22.4 Å². The van der Waals surface area contributed by atoms with Gasteiger partial charge in [-0.05, 0) is 65.9 Å². The van der Waals surface area contributed by atoms with Crippen LogP contribution in [0.3, 0.4) is 0 Å². The van der Waals surface area contributed by atoms with Crippen molar-refractivity contribution in [3.8, 4) is 5.75 Å². The fourth-order valence-corrected chi connectivity index (χ4v) is 7.36. The summed E-state index contributed by atoms with van der Waals surface area (Å²) in [5.41, 5.74) is 13.3. The van der Waals surface area contributed by atoms with Gasteiger partial charge in [-0.25, -0.2) is 14.6 Å². The Balaban J connectivity index is 1.25. The van der Waals surface area contributed by atoms with Crippen molar-refractivity contribution >= 4 is 47.1 Å². The number of amides is 2. The lowest BCUT2D eigenvalue weighted by molar-refractivity contribution is -0.385. The van der Waals surface area contributed by atoms with Crippen LogP contribution in [-0.4, -0.2) is 87.7 Å². The number of thioether (sulfide) groups is 1. The zero-order valence-corrected chi connectivity index (χ0v) is 29.6. The summed E-state index contributed by atoms with van der Waals surface area (Å²) in [4.78, 5) is 68.9. The molecule has 53 heavy (non-hydrogen) atoms. The zero-order valence-electron chi connectivity index (χ0n) is 28.8. The quantitative estimate of drug-likeness (QED) is 0.0786. The SMILES string of the molecule is COc1ccc(CS[C@H]2C[C@@H](C(=O)N3CC[C@@H](C(N=C(N)N)C(=O)OCc4ccc([N+](=O)[O-])cc4)C3)N(C(=O)OCc3ccc([N+](=O)[O-])cc3)C2)cc1. The number of esters is 1. The second-order valence-electron chi connectivity index (χ2n) is 12.5. The Morgan fingerprint density at radius 2 is 1.43 bits per heavy atom. The zero-order chi connectivity index (χ0) is 38.1. The van der Waals surface area contributed by atoms with Gasteiger partial charge in [-0.1, -0.05) is 12.1 Å². The predicted molar refractivity (Wildman–Crippen MR) is 194 cm³/mol. The minimum Gasteiger partial charge on any atom is -0.497 e. The molecule has 2 saturated heterocycles. The highest BCUT2D eigenvalue weighted by molar-refractivity contribution is 7.99. The topological polar surface area (TPSA) is 236 Å². The summed E-state index contributed by atoms with van der Waals surface area (Å²) in [6.07, 6.45) is 0.0488. The van der Waals surface area contributed by atoms with Gasteiger partial charge in [0, 0.05) is 60.8 Å². The number of hydrogen-bond acceptors (Lipinski definition) is 12. The number of non-ortho nitro benzene ring substituents is 2. The van der Waals surface area contributed by atoms with Crippen molar-refractivity contribution in [3.05, 3.63) is 110 Å². The van der Waals surface area contributed by atoms with Crippen molar-refractivity contribution in [3.63, 3.8) is 0 Å². The van der Waals surface area contributed by atoms with E-state index in [9.17, 15) is 34.6 Å². The van der Waals surface area contributed by atoms with E-state index in [0.29, 0.717) is 29.7 Å². The first kappa shape index (κ1) is 38.3. The van der Waals surface area contributed by atoms with Crippen LogP contribution >= 0.6 is 11.8 Å². The lowest BCUT2D eigenvalue weighted by Gasteiger charge is -2.27. The molecule has 4 atom stereocenters. The molecule has 2 aliphatic heterocycles. The van der Waals surface area contributed by atoms with E-state index in [4.69, 9.17) is 25.7 Å². The number of nitrogens with zero attached hydrogens (tertiary/aromatic N) is 5. The third-order valence-electron chi connectivity index (χ3n) is 8.98. The lowest BCUT2D eigenvalue weighted by Crippen LogP contribution is -2.47. The molecule has 0 spiro atoms. The number of ether oxygens (including phenoxy) is 3. The number of carbonyl (C=O) groups excluding carboxylic acids is 3. The van der Waals surface area contributed by atoms with Gasteiger partial charge in [0.1, 0.15) is 25.0 Å². The molecule has 2 fully saturated rings. The van der Waals surface area contributed by atoms with Crippen LogP contribution in [0.15, 0.2) is 77.8 Å². The molecule has 3 aromatic carbocycles. The molecule has 4 N–H and O–H groups in total. The van der Waals surface area contributed by atoms with Crippen LogP contribution < -0.4 is 16.2 Å². The highest BCUT2D eigenvalue weighted by atomic mass is 32.2. The number of rotatable bonds is 14. The number of benzene rings is 3. The van der Waals surface area contributed by atoms with Crippen molar-refractivity contribution in [2.75, 3.05) is 26.7 Å². The average molecular weight is 750 g/mol. The number of aliphatic imine (C=N–C) groups is 1. The van der Waals surface area contributed by atoms with Crippen molar-refractivity contribution < 1.29 is 38.4 Å². The summed E-state index contributed by atoms with van der Waals surface area (Å²) < 4.78 is 16.3. The first-order valence-corrected chi connectivity index (χ1v) is 17.7. The van der Waals surface area contributed by atoms with E-state index in [-0.39, 0.29) is 61.3 Å². The van der Waals surface area contributed by atoms with Crippen LogP contribution in [0.5, 0.6) is 5.75 Å². The van der Waals surface area contributed by atoms with Gasteiger partial charge in [0.15, 0.2) is 12.0 Å². The van der Waals surface area contributed by atoms with Crippen molar-refractivity contribution in [1.29, 1.82) is 0 Å². The van der Waals surface area contributed by atoms with Crippen LogP contribution in [0.1, 0.15) is 29.5 Å². The van der Waals surface area contributed by atoms with Crippen molar-refractivity contribution in [2.45, 2.75) is 49.1 Å². The fourth-order valence-electron chi connectivity index (χ4n) is 6.15. The molecular weight excluding hydrogens is 710 g/mol. The molecule has 0 bridgehead atoms.